The van der Waals surface area contributed by atoms with E-state index >= 15 is 0 Å². The molecule has 1 unspecified atom stereocenters. The Morgan fingerprint density at radius 1 is 1.38 bits per heavy atom. The molecule has 2 aliphatic heterocycles. The highest BCUT2D eigenvalue weighted by atomic mass is 19.4. The lowest BCUT2D eigenvalue weighted by Gasteiger charge is -2.25. The van der Waals surface area contributed by atoms with Gasteiger partial charge in [0.15, 0.2) is 5.96 Å². The van der Waals surface area contributed by atoms with Crippen LogP contribution in [0.1, 0.15) is 18.4 Å². The summed E-state index contributed by atoms with van der Waals surface area (Å²) in [5, 5.41) is 3.22. The first-order valence-corrected chi connectivity index (χ1v) is 8.75. The van der Waals surface area contributed by atoms with Crippen molar-refractivity contribution in [2.75, 3.05) is 46.5 Å². The third-order valence-electron chi connectivity index (χ3n) is 4.95. The van der Waals surface area contributed by atoms with Crippen LogP contribution < -0.4 is 10.1 Å². The molecule has 0 amide bonds. The van der Waals surface area contributed by atoms with Gasteiger partial charge in [-0.05, 0) is 31.0 Å². The van der Waals surface area contributed by atoms with E-state index in [-0.39, 0.29) is 17.8 Å². The summed E-state index contributed by atoms with van der Waals surface area (Å²) in [5.74, 6) is 1.00. The van der Waals surface area contributed by atoms with Crippen molar-refractivity contribution < 1.29 is 22.6 Å². The Hall–Kier alpha value is -1.96. The van der Waals surface area contributed by atoms with Crippen LogP contribution in [0.25, 0.3) is 0 Å². The minimum absolute atomic E-state index is 0.208. The Balaban J connectivity index is 1.45. The van der Waals surface area contributed by atoms with Crippen LogP contribution >= 0.6 is 0 Å². The number of rotatable bonds is 4. The van der Waals surface area contributed by atoms with Gasteiger partial charge in [-0.3, -0.25) is 4.99 Å². The van der Waals surface area contributed by atoms with Crippen molar-refractivity contribution in [3.05, 3.63) is 29.8 Å². The van der Waals surface area contributed by atoms with E-state index in [0.717, 1.165) is 57.2 Å². The lowest BCUT2D eigenvalue weighted by molar-refractivity contribution is -0.137. The molecule has 1 spiro atoms. The van der Waals surface area contributed by atoms with Gasteiger partial charge in [0.2, 0.25) is 0 Å². The van der Waals surface area contributed by atoms with Crippen LogP contribution in [0.3, 0.4) is 0 Å². The maximum absolute atomic E-state index is 12.7. The number of aliphatic imine (C=N–C) groups is 1. The third-order valence-corrected chi connectivity index (χ3v) is 4.95. The Kier molecular flexibility index (Phi) is 5.60. The molecule has 8 heteroatoms. The zero-order valence-corrected chi connectivity index (χ0v) is 14.8. The van der Waals surface area contributed by atoms with Crippen molar-refractivity contribution in [3.8, 4) is 5.75 Å². The van der Waals surface area contributed by atoms with Crippen LogP contribution in [0.5, 0.6) is 5.75 Å². The second-order valence-electron chi connectivity index (χ2n) is 6.82. The molecule has 26 heavy (non-hydrogen) atoms. The summed E-state index contributed by atoms with van der Waals surface area (Å²) in [6, 6.07) is 4.91. The minimum Gasteiger partial charge on any atom is -0.492 e. The SMILES string of the molecule is CN=C(NCCOc1cccc(C(F)(F)F)c1)N1CCC2(CCOC2)C1. The number of alkyl halides is 3. The van der Waals surface area contributed by atoms with Crippen LogP contribution in [0.2, 0.25) is 0 Å². The quantitative estimate of drug-likeness (QED) is 0.502. The number of nitrogens with zero attached hydrogens (tertiary/aromatic N) is 2. The molecule has 0 aromatic heterocycles. The predicted molar refractivity (Wildman–Crippen MR) is 92.4 cm³/mol. The van der Waals surface area contributed by atoms with E-state index in [2.05, 4.69) is 15.2 Å². The Bertz CT molecular complexity index is 643. The first-order valence-electron chi connectivity index (χ1n) is 8.75. The van der Waals surface area contributed by atoms with E-state index < -0.39 is 11.7 Å². The monoisotopic (exact) mass is 371 g/mol. The Labute approximate surface area is 151 Å². The van der Waals surface area contributed by atoms with Crippen LogP contribution in [0.4, 0.5) is 13.2 Å². The molecule has 0 bridgehead atoms. The van der Waals surface area contributed by atoms with Crippen molar-refractivity contribution in [2.24, 2.45) is 10.4 Å². The second kappa shape index (κ2) is 7.73. The van der Waals surface area contributed by atoms with Crippen molar-refractivity contribution in [1.29, 1.82) is 0 Å². The summed E-state index contributed by atoms with van der Waals surface area (Å²) in [6.07, 6.45) is -2.19. The number of hydrogen-bond acceptors (Lipinski definition) is 3. The normalized spacial score (nSPS) is 23.7. The molecular formula is C18H24F3N3O2. The lowest BCUT2D eigenvalue weighted by Crippen LogP contribution is -2.42. The van der Waals surface area contributed by atoms with E-state index in [1.165, 1.54) is 12.1 Å². The summed E-state index contributed by atoms with van der Waals surface area (Å²) in [4.78, 5) is 6.51. The summed E-state index contributed by atoms with van der Waals surface area (Å²) in [5.41, 5.74) is -0.466. The number of guanidine groups is 1. The molecule has 3 rings (SSSR count). The van der Waals surface area contributed by atoms with Crippen LogP contribution in [0, 0.1) is 5.41 Å². The maximum Gasteiger partial charge on any atom is 0.416 e. The smallest absolute Gasteiger partial charge is 0.416 e. The van der Waals surface area contributed by atoms with E-state index in [4.69, 9.17) is 9.47 Å². The molecule has 1 N–H and O–H groups in total. The first kappa shape index (κ1) is 18.8. The van der Waals surface area contributed by atoms with Gasteiger partial charge in [0.1, 0.15) is 12.4 Å². The fourth-order valence-electron chi connectivity index (χ4n) is 3.51. The van der Waals surface area contributed by atoms with E-state index in [9.17, 15) is 13.2 Å². The van der Waals surface area contributed by atoms with Gasteiger partial charge in [-0.2, -0.15) is 13.2 Å². The number of nitrogens with one attached hydrogen (secondary N) is 1. The van der Waals surface area contributed by atoms with E-state index in [1.807, 2.05) is 0 Å². The second-order valence-corrected chi connectivity index (χ2v) is 6.82. The van der Waals surface area contributed by atoms with Crippen molar-refractivity contribution in [3.63, 3.8) is 0 Å². The van der Waals surface area contributed by atoms with Gasteiger partial charge in [0, 0.05) is 32.2 Å². The molecule has 2 aliphatic rings. The average Bonchev–Trinajstić information content (AvgIpc) is 3.25. The zero-order chi connectivity index (χ0) is 18.6. The zero-order valence-electron chi connectivity index (χ0n) is 14.8. The largest absolute Gasteiger partial charge is 0.492 e. The standard InChI is InChI=1S/C18H24F3N3O2/c1-22-16(24-8-5-17(12-24)6-9-25-13-17)23-7-10-26-15-4-2-3-14(11-15)18(19,20)21/h2-4,11H,5-10,12-13H2,1H3,(H,22,23). The summed E-state index contributed by atoms with van der Waals surface area (Å²) < 4.78 is 49.1. The molecule has 2 heterocycles. The first-order chi connectivity index (χ1) is 12.4. The van der Waals surface area contributed by atoms with Crippen LogP contribution in [-0.2, 0) is 10.9 Å². The van der Waals surface area contributed by atoms with Crippen molar-refractivity contribution >= 4 is 5.96 Å². The molecular weight excluding hydrogens is 347 g/mol. The topological polar surface area (TPSA) is 46.1 Å². The fourth-order valence-corrected chi connectivity index (χ4v) is 3.51. The van der Waals surface area contributed by atoms with Gasteiger partial charge in [0.25, 0.3) is 0 Å². The lowest BCUT2D eigenvalue weighted by atomic mass is 9.87. The molecule has 1 aromatic rings. The molecule has 144 valence electrons. The van der Waals surface area contributed by atoms with E-state index in [0.29, 0.717) is 6.54 Å². The molecule has 2 fully saturated rings. The van der Waals surface area contributed by atoms with Gasteiger partial charge >= 0.3 is 6.18 Å². The van der Waals surface area contributed by atoms with Crippen molar-refractivity contribution in [2.45, 2.75) is 19.0 Å². The van der Waals surface area contributed by atoms with Gasteiger partial charge in [-0.1, -0.05) is 6.07 Å². The highest BCUT2D eigenvalue weighted by molar-refractivity contribution is 5.80. The van der Waals surface area contributed by atoms with Crippen molar-refractivity contribution in [1.82, 2.24) is 10.2 Å². The molecule has 2 saturated heterocycles. The van der Waals surface area contributed by atoms with Crippen LogP contribution in [0.15, 0.2) is 29.3 Å². The van der Waals surface area contributed by atoms with Gasteiger partial charge in [-0.15, -0.1) is 0 Å². The molecule has 1 aromatic carbocycles. The Morgan fingerprint density at radius 3 is 2.92 bits per heavy atom. The summed E-state index contributed by atoms with van der Waals surface area (Å²) in [6.45, 7) is 4.19. The highest BCUT2D eigenvalue weighted by Crippen LogP contribution is 2.38. The number of halogens is 3. The summed E-state index contributed by atoms with van der Waals surface area (Å²) in [7, 11) is 1.73. The fraction of sp³-hybridized carbons (Fsp3) is 0.611. The van der Waals surface area contributed by atoms with Crippen LogP contribution in [-0.4, -0.2) is 57.4 Å². The number of benzene rings is 1. The molecule has 0 aliphatic carbocycles. The van der Waals surface area contributed by atoms with Gasteiger partial charge in [-0.25, -0.2) is 0 Å². The molecule has 1 atom stereocenters. The minimum atomic E-state index is -4.37. The highest BCUT2D eigenvalue weighted by Gasteiger charge is 2.42. The predicted octanol–water partition coefficient (Wildman–Crippen LogP) is 2.77. The Morgan fingerprint density at radius 2 is 2.23 bits per heavy atom. The average molecular weight is 371 g/mol. The number of ether oxygens (including phenoxy) is 2. The molecule has 0 saturated carbocycles. The van der Waals surface area contributed by atoms with Gasteiger partial charge < -0.3 is 19.7 Å². The number of likely N-dealkylation sites (tertiary alicyclic amines) is 1. The maximum atomic E-state index is 12.7. The van der Waals surface area contributed by atoms with Gasteiger partial charge in [0.05, 0.1) is 18.7 Å². The molecule has 0 radical (unpaired) electrons. The summed E-state index contributed by atoms with van der Waals surface area (Å²) >= 11 is 0. The number of hydrogen-bond donors (Lipinski definition) is 1. The van der Waals surface area contributed by atoms with E-state index in [1.54, 1.807) is 7.05 Å². The molecule has 5 nitrogen and oxygen atoms in total. The third kappa shape index (κ3) is 4.41.